The fourth-order valence-corrected chi connectivity index (χ4v) is 3.72. The summed E-state index contributed by atoms with van der Waals surface area (Å²) < 4.78 is 31.7. The number of carbonyl (C=O) groups is 3. The Bertz CT molecular complexity index is 775. The van der Waals surface area contributed by atoms with E-state index in [1.807, 2.05) is 42.3 Å². The van der Waals surface area contributed by atoms with Gasteiger partial charge in [-0.3, -0.25) is 14.5 Å². The first-order chi connectivity index (χ1) is 14.5. The molecule has 2 N–H and O–H groups in total. The van der Waals surface area contributed by atoms with Crippen LogP contribution in [-0.4, -0.2) is 101 Å². The minimum atomic E-state index is -5.08. The van der Waals surface area contributed by atoms with Crippen LogP contribution in [0.5, 0.6) is 0 Å². The van der Waals surface area contributed by atoms with Gasteiger partial charge in [0, 0.05) is 45.3 Å². The summed E-state index contributed by atoms with van der Waals surface area (Å²) in [6.45, 7) is 4.06. The van der Waals surface area contributed by atoms with Gasteiger partial charge < -0.3 is 20.0 Å². The van der Waals surface area contributed by atoms with Crippen molar-refractivity contribution < 1.29 is 37.8 Å². The smallest absolute Gasteiger partial charge is 0.481 e. The molecule has 2 saturated heterocycles. The second-order valence-corrected chi connectivity index (χ2v) is 7.71. The highest BCUT2D eigenvalue weighted by Crippen LogP contribution is 2.19. The molecule has 2 heterocycles. The maximum absolute atomic E-state index is 12.6. The van der Waals surface area contributed by atoms with Gasteiger partial charge >= 0.3 is 18.1 Å². The van der Waals surface area contributed by atoms with Crippen LogP contribution < -0.4 is 0 Å². The SMILES string of the molecule is CN1CC(C(=O)O)CN2CCN(C(=O)Cc3ccccc3)CC2C1.O=C(O)C(F)(F)F. The molecule has 0 bridgehead atoms. The van der Waals surface area contributed by atoms with Crippen molar-refractivity contribution in [2.45, 2.75) is 18.6 Å². The largest absolute Gasteiger partial charge is 0.490 e. The zero-order valence-electron chi connectivity index (χ0n) is 17.1. The first-order valence-electron chi connectivity index (χ1n) is 9.74. The van der Waals surface area contributed by atoms with Gasteiger partial charge in [-0.15, -0.1) is 0 Å². The van der Waals surface area contributed by atoms with Crippen LogP contribution in [0, 0.1) is 5.92 Å². The van der Waals surface area contributed by atoms with Gasteiger partial charge in [0.1, 0.15) is 0 Å². The molecule has 11 heteroatoms. The molecule has 2 unspecified atom stereocenters. The Labute approximate surface area is 177 Å². The van der Waals surface area contributed by atoms with E-state index in [-0.39, 0.29) is 17.9 Å². The van der Waals surface area contributed by atoms with E-state index in [1.165, 1.54) is 0 Å². The molecule has 0 aliphatic carbocycles. The van der Waals surface area contributed by atoms with Crippen molar-refractivity contribution in [1.29, 1.82) is 0 Å². The van der Waals surface area contributed by atoms with E-state index in [2.05, 4.69) is 9.80 Å². The minimum absolute atomic E-state index is 0.155. The van der Waals surface area contributed by atoms with Crippen LogP contribution >= 0.6 is 0 Å². The first kappa shape index (κ1) is 24.6. The van der Waals surface area contributed by atoms with Crippen LogP contribution in [0.1, 0.15) is 5.56 Å². The topological polar surface area (TPSA) is 101 Å². The molecule has 0 aromatic heterocycles. The Morgan fingerprint density at radius 2 is 1.61 bits per heavy atom. The molecule has 0 radical (unpaired) electrons. The third kappa shape index (κ3) is 7.51. The van der Waals surface area contributed by atoms with Crippen LogP contribution in [-0.2, 0) is 20.8 Å². The number of amides is 1. The quantitative estimate of drug-likeness (QED) is 0.717. The average molecular weight is 445 g/mol. The number of hydrogen-bond acceptors (Lipinski definition) is 5. The summed E-state index contributed by atoms with van der Waals surface area (Å²) in [5.74, 6) is -3.69. The Balaban J connectivity index is 0.000000423. The fraction of sp³-hybridized carbons (Fsp3) is 0.550. The van der Waals surface area contributed by atoms with E-state index in [0.29, 0.717) is 32.6 Å². The number of hydrogen-bond donors (Lipinski definition) is 2. The molecule has 2 aliphatic heterocycles. The molecule has 0 spiro atoms. The number of alkyl halides is 3. The third-order valence-electron chi connectivity index (χ3n) is 5.26. The van der Waals surface area contributed by atoms with Crippen molar-refractivity contribution in [3.63, 3.8) is 0 Å². The second kappa shape index (κ2) is 10.6. The molecule has 172 valence electrons. The van der Waals surface area contributed by atoms with Gasteiger partial charge in [-0.2, -0.15) is 13.2 Å². The predicted octanol–water partition coefficient (Wildman–Crippen LogP) is 1.02. The van der Waals surface area contributed by atoms with E-state index in [9.17, 15) is 27.9 Å². The fourth-order valence-electron chi connectivity index (χ4n) is 3.72. The lowest BCUT2D eigenvalue weighted by atomic mass is 10.1. The van der Waals surface area contributed by atoms with Crippen molar-refractivity contribution >= 4 is 17.8 Å². The number of fused-ring (bicyclic) bond motifs is 1. The number of carboxylic acid groups (broad SMARTS) is 2. The van der Waals surface area contributed by atoms with Gasteiger partial charge in [0.15, 0.2) is 0 Å². The van der Waals surface area contributed by atoms with Crippen LogP contribution in [0.15, 0.2) is 30.3 Å². The lowest BCUT2D eigenvalue weighted by molar-refractivity contribution is -0.192. The highest BCUT2D eigenvalue weighted by atomic mass is 19.4. The number of nitrogens with zero attached hydrogens (tertiary/aromatic N) is 3. The van der Waals surface area contributed by atoms with Crippen LogP contribution in [0.3, 0.4) is 0 Å². The number of likely N-dealkylation sites (N-methyl/N-ethyl adjacent to an activating group) is 1. The number of carbonyl (C=O) groups excluding carboxylic acids is 1. The number of benzene rings is 1. The van der Waals surface area contributed by atoms with Crippen LogP contribution in [0.2, 0.25) is 0 Å². The molecule has 2 atom stereocenters. The predicted molar refractivity (Wildman–Crippen MR) is 104 cm³/mol. The van der Waals surface area contributed by atoms with E-state index in [1.54, 1.807) is 0 Å². The zero-order chi connectivity index (χ0) is 23.2. The molecule has 1 aromatic carbocycles. The molecular weight excluding hydrogens is 419 g/mol. The molecule has 1 amide bonds. The maximum Gasteiger partial charge on any atom is 0.490 e. The Hall–Kier alpha value is -2.66. The molecule has 3 rings (SSSR count). The van der Waals surface area contributed by atoms with Crippen molar-refractivity contribution in [3.8, 4) is 0 Å². The number of halogens is 3. The van der Waals surface area contributed by atoms with Gasteiger partial charge in [-0.05, 0) is 12.6 Å². The Morgan fingerprint density at radius 3 is 2.16 bits per heavy atom. The molecule has 2 fully saturated rings. The number of aliphatic carboxylic acids is 2. The molecular formula is C20H26F3N3O5. The third-order valence-corrected chi connectivity index (χ3v) is 5.26. The molecule has 0 saturated carbocycles. The highest BCUT2D eigenvalue weighted by molar-refractivity contribution is 5.79. The molecule has 31 heavy (non-hydrogen) atoms. The summed E-state index contributed by atoms with van der Waals surface area (Å²) in [7, 11) is 1.96. The van der Waals surface area contributed by atoms with E-state index in [0.717, 1.165) is 18.7 Å². The van der Waals surface area contributed by atoms with Gasteiger partial charge in [-0.25, -0.2) is 4.79 Å². The minimum Gasteiger partial charge on any atom is -0.481 e. The van der Waals surface area contributed by atoms with E-state index in [4.69, 9.17) is 9.90 Å². The summed E-state index contributed by atoms with van der Waals surface area (Å²) >= 11 is 0. The van der Waals surface area contributed by atoms with Crippen molar-refractivity contribution in [2.75, 3.05) is 46.3 Å². The summed E-state index contributed by atoms with van der Waals surface area (Å²) in [4.78, 5) is 39.1. The molecule has 1 aromatic rings. The highest BCUT2D eigenvalue weighted by Gasteiger charge is 2.38. The van der Waals surface area contributed by atoms with Crippen molar-refractivity contribution in [2.24, 2.45) is 5.92 Å². The lowest BCUT2D eigenvalue weighted by Crippen LogP contribution is -2.57. The van der Waals surface area contributed by atoms with Crippen molar-refractivity contribution in [1.82, 2.24) is 14.7 Å². The lowest BCUT2D eigenvalue weighted by Gasteiger charge is -2.41. The molecule has 2 aliphatic rings. The van der Waals surface area contributed by atoms with Crippen LogP contribution in [0.4, 0.5) is 13.2 Å². The normalized spacial score (nSPS) is 22.5. The summed E-state index contributed by atoms with van der Waals surface area (Å²) in [6.07, 6.45) is -4.65. The van der Waals surface area contributed by atoms with Crippen LogP contribution in [0.25, 0.3) is 0 Å². The van der Waals surface area contributed by atoms with Gasteiger partial charge in [0.25, 0.3) is 0 Å². The average Bonchev–Trinajstić information content (AvgIpc) is 2.86. The standard InChI is InChI=1S/C18H25N3O3.C2HF3O2/c1-19-10-15(18(23)24)11-20-7-8-21(13-16(20)12-19)17(22)9-14-5-3-2-4-6-14;3-2(4,5)1(6)7/h2-6,15-16H,7-13H2,1H3,(H,23,24);(H,6,7). The molecule has 8 nitrogen and oxygen atoms in total. The summed E-state index contributed by atoms with van der Waals surface area (Å²) in [5, 5.41) is 16.5. The monoisotopic (exact) mass is 445 g/mol. The second-order valence-electron chi connectivity index (χ2n) is 7.71. The van der Waals surface area contributed by atoms with E-state index >= 15 is 0 Å². The Morgan fingerprint density at radius 1 is 1.00 bits per heavy atom. The van der Waals surface area contributed by atoms with Crippen molar-refractivity contribution in [3.05, 3.63) is 35.9 Å². The summed E-state index contributed by atoms with van der Waals surface area (Å²) in [5.41, 5.74) is 1.04. The first-order valence-corrected chi connectivity index (χ1v) is 9.74. The maximum atomic E-state index is 12.6. The van der Waals surface area contributed by atoms with E-state index < -0.39 is 18.1 Å². The Kier molecular flexibility index (Phi) is 8.40. The van der Waals surface area contributed by atoms with Gasteiger partial charge in [-0.1, -0.05) is 30.3 Å². The number of rotatable bonds is 3. The van der Waals surface area contributed by atoms with Gasteiger partial charge in [0.2, 0.25) is 5.91 Å². The van der Waals surface area contributed by atoms with Gasteiger partial charge in [0.05, 0.1) is 12.3 Å². The zero-order valence-corrected chi connectivity index (χ0v) is 17.1. The summed E-state index contributed by atoms with van der Waals surface area (Å²) in [6, 6.07) is 10.0. The number of piperazine rings is 1. The number of carboxylic acids is 2.